The highest BCUT2D eigenvalue weighted by molar-refractivity contribution is 7.14. The van der Waals surface area contributed by atoms with Crippen LogP contribution in [0.4, 0.5) is 15.2 Å². The molecule has 0 saturated carbocycles. The summed E-state index contributed by atoms with van der Waals surface area (Å²) in [5, 5.41) is 14.1. The van der Waals surface area contributed by atoms with Crippen LogP contribution in [0.25, 0.3) is 6.08 Å². The van der Waals surface area contributed by atoms with Gasteiger partial charge in [0, 0.05) is 24.9 Å². The molecular weight excluding hydrogens is 417 g/mol. The van der Waals surface area contributed by atoms with Crippen LogP contribution < -0.4 is 10.2 Å². The first-order chi connectivity index (χ1) is 14.9. The van der Waals surface area contributed by atoms with E-state index in [1.807, 2.05) is 12.1 Å². The standard InChI is InChI=1S/C23H22FN3O3S/c1-16(28)27(21-7-3-2-6-20(21)24)23-26-18(15-31-23)10-13-22(30)25-14-4-5-17-8-11-19(29)12-9-17/h2-3,6-13,15,29H,4-5,14H2,1H3,(H,25,30). The molecule has 2 amide bonds. The minimum absolute atomic E-state index is 0.131. The van der Waals surface area contributed by atoms with Crippen molar-refractivity contribution in [2.24, 2.45) is 0 Å². The second-order valence-electron chi connectivity index (χ2n) is 6.76. The largest absolute Gasteiger partial charge is 0.508 e. The number of halogens is 1. The number of hydrogen-bond acceptors (Lipinski definition) is 5. The van der Waals surface area contributed by atoms with Crippen LogP contribution in [0.1, 0.15) is 24.6 Å². The summed E-state index contributed by atoms with van der Waals surface area (Å²) in [5.41, 5.74) is 1.72. The number of nitrogens with one attached hydrogen (secondary N) is 1. The predicted molar refractivity (Wildman–Crippen MR) is 120 cm³/mol. The number of carbonyl (C=O) groups excluding carboxylic acids is 2. The number of anilines is 2. The highest BCUT2D eigenvalue weighted by atomic mass is 32.1. The van der Waals surface area contributed by atoms with E-state index in [0.29, 0.717) is 17.4 Å². The summed E-state index contributed by atoms with van der Waals surface area (Å²) in [6, 6.07) is 13.0. The number of aromatic nitrogens is 1. The molecule has 2 N–H and O–H groups in total. The number of amides is 2. The highest BCUT2D eigenvalue weighted by Crippen LogP contribution is 2.30. The molecule has 0 fully saturated rings. The minimum atomic E-state index is -0.517. The molecule has 0 radical (unpaired) electrons. The molecule has 0 unspecified atom stereocenters. The van der Waals surface area contributed by atoms with E-state index in [-0.39, 0.29) is 23.3 Å². The van der Waals surface area contributed by atoms with Crippen molar-refractivity contribution in [1.29, 1.82) is 0 Å². The normalized spacial score (nSPS) is 10.9. The Morgan fingerprint density at radius 1 is 1.19 bits per heavy atom. The van der Waals surface area contributed by atoms with Crippen LogP contribution in [0.15, 0.2) is 60.0 Å². The van der Waals surface area contributed by atoms with Crippen molar-refractivity contribution in [1.82, 2.24) is 10.3 Å². The molecule has 0 bridgehead atoms. The summed E-state index contributed by atoms with van der Waals surface area (Å²) in [5.74, 6) is -0.900. The van der Waals surface area contributed by atoms with Crippen LogP contribution in [0, 0.1) is 5.82 Å². The molecule has 0 aliphatic carbocycles. The smallest absolute Gasteiger partial charge is 0.244 e. The number of phenolic OH excluding ortho intramolecular Hbond substituents is 1. The Morgan fingerprint density at radius 2 is 1.94 bits per heavy atom. The Bertz CT molecular complexity index is 1080. The van der Waals surface area contributed by atoms with Gasteiger partial charge in [-0.2, -0.15) is 0 Å². The molecule has 3 rings (SSSR count). The van der Waals surface area contributed by atoms with Crippen molar-refractivity contribution < 1.29 is 19.1 Å². The van der Waals surface area contributed by atoms with Crippen molar-refractivity contribution in [3.05, 3.63) is 77.1 Å². The van der Waals surface area contributed by atoms with Crippen LogP contribution in [-0.2, 0) is 16.0 Å². The molecule has 31 heavy (non-hydrogen) atoms. The Morgan fingerprint density at radius 3 is 2.65 bits per heavy atom. The number of carbonyl (C=O) groups is 2. The monoisotopic (exact) mass is 439 g/mol. The van der Waals surface area contributed by atoms with Crippen LogP contribution in [-0.4, -0.2) is 28.4 Å². The minimum Gasteiger partial charge on any atom is -0.508 e. The van der Waals surface area contributed by atoms with Gasteiger partial charge in [-0.3, -0.25) is 14.5 Å². The Hall–Kier alpha value is -3.52. The third-order valence-electron chi connectivity index (χ3n) is 4.39. The van der Waals surface area contributed by atoms with Gasteiger partial charge < -0.3 is 10.4 Å². The van der Waals surface area contributed by atoms with Gasteiger partial charge in [-0.15, -0.1) is 11.3 Å². The number of benzene rings is 2. The molecular formula is C23H22FN3O3S. The molecule has 1 heterocycles. The molecule has 0 aliphatic heterocycles. The molecule has 0 spiro atoms. The zero-order chi connectivity index (χ0) is 22.2. The molecule has 2 aromatic carbocycles. The molecule has 160 valence electrons. The predicted octanol–water partition coefficient (Wildman–Crippen LogP) is 4.43. The number of aryl methyl sites for hydroxylation is 1. The van der Waals surface area contributed by atoms with E-state index in [9.17, 15) is 19.1 Å². The maximum absolute atomic E-state index is 14.1. The number of hydrogen-bond donors (Lipinski definition) is 2. The van der Waals surface area contributed by atoms with Crippen LogP contribution in [0.3, 0.4) is 0 Å². The molecule has 0 aliphatic rings. The van der Waals surface area contributed by atoms with Crippen LogP contribution in [0.5, 0.6) is 5.75 Å². The van der Waals surface area contributed by atoms with Crippen molar-refractivity contribution in [3.8, 4) is 5.75 Å². The first-order valence-electron chi connectivity index (χ1n) is 9.68. The number of phenols is 1. The van der Waals surface area contributed by atoms with Gasteiger partial charge in [-0.1, -0.05) is 24.3 Å². The molecule has 0 saturated heterocycles. The van der Waals surface area contributed by atoms with Crippen LogP contribution in [0.2, 0.25) is 0 Å². The number of para-hydroxylation sites is 1. The summed E-state index contributed by atoms with van der Waals surface area (Å²) in [7, 11) is 0. The second kappa shape index (κ2) is 10.5. The zero-order valence-corrected chi connectivity index (χ0v) is 17.7. The van der Waals surface area contributed by atoms with E-state index in [0.717, 1.165) is 18.4 Å². The Balaban J connectivity index is 1.54. The van der Waals surface area contributed by atoms with Gasteiger partial charge in [0.2, 0.25) is 11.8 Å². The number of nitrogens with zero attached hydrogens (tertiary/aromatic N) is 2. The summed E-state index contributed by atoms with van der Waals surface area (Å²) in [6.45, 7) is 1.85. The lowest BCUT2D eigenvalue weighted by molar-refractivity contribution is -0.117. The number of thiazole rings is 1. The molecule has 8 heteroatoms. The van der Waals surface area contributed by atoms with E-state index in [2.05, 4.69) is 10.3 Å². The van der Waals surface area contributed by atoms with Gasteiger partial charge >= 0.3 is 0 Å². The van der Waals surface area contributed by atoms with Gasteiger partial charge in [-0.05, 0) is 48.7 Å². The fraction of sp³-hybridized carbons (Fsp3) is 0.174. The second-order valence-corrected chi connectivity index (χ2v) is 7.59. The van der Waals surface area contributed by atoms with Crippen molar-refractivity contribution >= 4 is 40.0 Å². The van der Waals surface area contributed by atoms with Gasteiger partial charge in [-0.25, -0.2) is 9.37 Å². The SMILES string of the molecule is CC(=O)N(c1nc(C=CC(=O)NCCCc2ccc(O)cc2)cs1)c1ccccc1F. The first kappa shape index (κ1) is 22.2. The van der Waals surface area contributed by atoms with Crippen molar-refractivity contribution in [2.45, 2.75) is 19.8 Å². The maximum atomic E-state index is 14.1. The maximum Gasteiger partial charge on any atom is 0.244 e. The van der Waals surface area contributed by atoms with Crippen molar-refractivity contribution in [2.75, 3.05) is 11.4 Å². The number of aromatic hydroxyl groups is 1. The lowest BCUT2D eigenvalue weighted by Gasteiger charge is -2.18. The molecule has 3 aromatic rings. The highest BCUT2D eigenvalue weighted by Gasteiger charge is 2.20. The lowest BCUT2D eigenvalue weighted by Crippen LogP contribution is -2.23. The van der Waals surface area contributed by atoms with E-state index >= 15 is 0 Å². The van der Waals surface area contributed by atoms with Gasteiger partial charge in [0.25, 0.3) is 0 Å². The average molecular weight is 440 g/mol. The summed E-state index contributed by atoms with van der Waals surface area (Å²) < 4.78 is 14.1. The number of rotatable bonds is 8. The van der Waals surface area contributed by atoms with Crippen molar-refractivity contribution in [3.63, 3.8) is 0 Å². The quantitative estimate of drug-likeness (QED) is 0.402. The third-order valence-corrected chi connectivity index (χ3v) is 5.24. The molecule has 0 atom stereocenters. The average Bonchev–Trinajstić information content (AvgIpc) is 3.21. The fourth-order valence-corrected chi connectivity index (χ4v) is 3.73. The lowest BCUT2D eigenvalue weighted by atomic mass is 10.1. The summed E-state index contributed by atoms with van der Waals surface area (Å²) >= 11 is 1.19. The molecule has 6 nitrogen and oxygen atoms in total. The first-order valence-corrected chi connectivity index (χ1v) is 10.6. The van der Waals surface area contributed by atoms with Crippen LogP contribution >= 0.6 is 11.3 Å². The van der Waals surface area contributed by atoms with Gasteiger partial charge in [0.05, 0.1) is 11.4 Å². The van der Waals surface area contributed by atoms with E-state index in [1.54, 1.807) is 35.7 Å². The topological polar surface area (TPSA) is 82.5 Å². The third kappa shape index (κ3) is 6.23. The Labute approximate surface area is 183 Å². The molecule has 1 aromatic heterocycles. The van der Waals surface area contributed by atoms with E-state index in [4.69, 9.17) is 0 Å². The van der Waals surface area contributed by atoms with E-state index < -0.39 is 5.82 Å². The Kier molecular flexibility index (Phi) is 7.50. The zero-order valence-electron chi connectivity index (χ0n) is 16.9. The van der Waals surface area contributed by atoms with E-state index in [1.165, 1.54) is 41.4 Å². The van der Waals surface area contributed by atoms with Gasteiger partial charge in [0.15, 0.2) is 5.13 Å². The summed E-state index contributed by atoms with van der Waals surface area (Å²) in [6.07, 6.45) is 4.48. The van der Waals surface area contributed by atoms with Gasteiger partial charge in [0.1, 0.15) is 11.6 Å². The summed E-state index contributed by atoms with van der Waals surface area (Å²) in [4.78, 5) is 29.6. The fourth-order valence-electron chi connectivity index (χ4n) is 2.88.